The predicted octanol–water partition coefficient (Wildman–Crippen LogP) is 4.45. The molecule has 30 heavy (non-hydrogen) atoms. The van der Waals surface area contributed by atoms with Crippen LogP contribution in [0.3, 0.4) is 0 Å². The van der Waals surface area contributed by atoms with Gasteiger partial charge in [-0.25, -0.2) is 0 Å². The first-order valence-corrected chi connectivity index (χ1v) is 12.2. The Morgan fingerprint density at radius 3 is 2.73 bits per heavy atom. The maximum absolute atomic E-state index is 11.2. The lowest BCUT2D eigenvalue weighted by Gasteiger charge is -2.30. The highest BCUT2D eigenvalue weighted by atomic mass is 16.5. The van der Waals surface area contributed by atoms with Gasteiger partial charge in [0, 0.05) is 18.1 Å². The quantitative estimate of drug-likeness (QED) is 0.311. The Labute approximate surface area is 182 Å². The normalized spacial score (nSPS) is 34.7. The van der Waals surface area contributed by atoms with E-state index in [0.717, 1.165) is 50.9 Å². The van der Waals surface area contributed by atoms with Gasteiger partial charge < -0.3 is 14.9 Å². The number of esters is 1. The van der Waals surface area contributed by atoms with Crippen molar-refractivity contribution in [1.82, 2.24) is 0 Å². The zero-order valence-corrected chi connectivity index (χ0v) is 18.8. The van der Waals surface area contributed by atoms with Gasteiger partial charge in [-0.3, -0.25) is 9.79 Å². The first-order chi connectivity index (χ1) is 14.5. The van der Waals surface area contributed by atoms with E-state index in [0.29, 0.717) is 18.3 Å². The molecule has 170 valence electrons. The summed E-state index contributed by atoms with van der Waals surface area (Å²) in [6.07, 6.45) is 15.5. The summed E-state index contributed by atoms with van der Waals surface area (Å²) >= 11 is 0. The lowest BCUT2D eigenvalue weighted by molar-refractivity contribution is -0.140. The van der Waals surface area contributed by atoms with Gasteiger partial charge in [0.2, 0.25) is 0 Å². The molecule has 0 spiro atoms. The van der Waals surface area contributed by atoms with Crippen LogP contribution in [0.1, 0.15) is 84.0 Å². The molecule has 0 radical (unpaired) electrons. The van der Waals surface area contributed by atoms with Crippen molar-refractivity contribution in [1.29, 1.82) is 0 Å². The average molecular weight is 420 g/mol. The number of methoxy groups -OCH3 is 1. The first-order valence-electron chi connectivity index (χ1n) is 12.2. The summed E-state index contributed by atoms with van der Waals surface area (Å²) in [6, 6.07) is 0.215. The second-order valence-electron chi connectivity index (χ2n) is 9.74. The zero-order chi connectivity index (χ0) is 21.5. The van der Waals surface area contributed by atoms with E-state index in [1.165, 1.54) is 38.5 Å². The number of carbonyl (C=O) groups excluding carboxylic acids is 1. The van der Waals surface area contributed by atoms with Gasteiger partial charge >= 0.3 is 5.97 Å². The van der Waals surface area contributed by atoms with E-state index in [1.807, 2.05) is 6.08 Å². The predicted molar refractivity (Wildman–Crippen MR) is 119 cm³/mol. The minimum atomic E-state index is -0.390. The summed E-state index contributed by atoms with van der Waals surface area (Å²) in [6.45, 7) is 2.25. The fourth-order valence-electron chi connectivity index (χ4n) is 5.87. The number of hydrogen-bond donors (Lipinski definition) is 2. The lowest BCUT2D eigenvalue weighted by atomic mass is 9.77. The zero-order valence-electron chi connectivity index (χ0n) is 18.8. The molecular formula is C25H41NO4. The average Bonchev–Trinajstić information content (AvgIpc) is 3.26. The third kappa shape index (κ3) is 6.16. The van der Waals surface area contributed by atoms with E-state index in [4.69, 9.17) is 4.99 Å². The van der Waals surface area contributed by atoms with Crippen LogP contribution in [0, 0.1) is 23.7 Å². The van der Waals surface area contributed by atoms with E-state index >= 15 is 0 Å². The van der Waals surface area contributed by atoms with Crippen molar-refractivity contribution >= 4 is 11.7 Å². The standard InChI is InChI=1S/C25H41NO4/c1-3-6-17-9-11-18(12-10-17)23(27)14-13-20-21-15-19(26-22(21)16-24(20)28)7-4-5-8-25(29)30-2/h13-14,17-18,20-24,27-28H,3-12,15-16H2,1-2H3/t17?,18?,20-,21-,22+,23-,24-/m1/s1. The number of rotatable bonds is 10. The molecule has 3 aliphatic rings. The Hall–Kier alpha value is -1.20. The maximum Gasteiger partial charge on any atom is 0.305 e. The minimum absolute atomic E-state index is 0.0948. The molecule has 2 aliphatic carbocycles. The summed E-state index contributed by atoms with van der Waals surface area (Å²) in [7, 11) is 1.43. The smallest absolute Gasteiger partial charge is 0.305 e. The molecule has 0 aromatic carbocycles. The highest BCUT2D eigenvalue weighted by molar-refractivity contribution is 5.86. The molecule has 0 unspecified atom stereocenters. The molecule has 1 heterocycles. The number of hydrogen-bond acceptors (Lipinski definition) is 5. The molecular weight excluding hydrogens is 378 g/mol. The van der Waals surface area contributed by atoms with Crippen molar-refractivity contribution in [2.45, 2.75) is 102 Å². The van der Waals surface area contributed by atoms with Gasteiger partial charge in [0.25, 0.3) is 0 Å². The fraction of sp³-hybridized carbons (Fsp3) is 0.840. The Bertz CT molecular complexity index is 608. The molecule has 2 N–H and O–H groups in total. The Balaban J connectivity index is 1.44. The molecule has 0 aromatic rings. The number of aliphatic hydroxyl groups is 2. The molecule has 1 aliphatic heterocycles. The monoisotopic (exact) mass is 419 g/mol. The number of ether oxygens (including phenoxy) is 1. The van der Waals surface area contributed by atoms with Crippen molar-refractivity contribution in [2.24, 2.45) is 28.7 Å². The molecule has 5 heteroatoms. The number of nitrogens with zero attached hydrogens (tertiary/aromatic N) is 1. The van der Waals surface area contributed by atoms with E-state index < -0.39 is 0 Å². The molecule has 0 bridgehead atoms. The van der Waals surface area contributed by atoms with Gasteiger partial charge in [-0.05, 0) is 62.7 Å². The summed E-state index contributed by atoms with van der Waals surface area (Å²) < 4.78 is 4.69. The van der Waals surface area contributed by atoms with Crippen LogP contribution in [0.5, 0.6) is 0 Å². The van der Waals surface area contributed by atoms with Crippen LogP contribution in [0.25, 0.3) is 0 Å². The van der Waals surface area contributed by atoms with Crippen molar-refractivity contribution in [3.8, 4) is 0 Å². The van der Waals surface area contributed by atoms with Gasteiger partial charge in [0.15, 0.2) is 0 Å². The van der Waals surface area contributed by atoms with Gasteiger partial charge in [-0.15, -0.1) is 0 Å². The van der Waals surface area contributed by atoms with Gasteiger partial charge in [0.1, 0.15) is 0 Å². The summed E-state index contributed by atoms with van der Waals surface area (Å²) in [5.74, 6) is 1.53. The highest BCUT2D eigenvalue weighted by Crippen LogP contribution is 2.43. The van der Waals surface area contributed by atoms with E-state index in [2.05, 4.69) is 17.7 Å². The Kier molecular flexibility index (Phi) is 8.94. The van der Waals surface area contributed by atoms with Crippen LogP contribution in [-0.4, -0.2) is 47.3 Å². The van der Waals surface area contributed by atoms with Crippen molar-refractivity contribution in [2.75, 3.05) is 7.11 Å². The summed E-state index contributed by atoms with van der Waals surface area (Å²) in [4.78, 5) is 16.1. The van der Waals surface area contributed by atoms with Gasteiger partial charge in [-0.2, -0.15) is 0 Å². The largest absolute Gasteiger partial charge is 0.469 e. The summed E-state index contributed by atoms with van der Waals surface area (Å²) in [5, 5.41) is 21.2. The van der Waals surface area contributed by atoms with Crippen molar-refractivity contribution < 1.29 is 19.7 Å². The third-order valence-electron chi connectivity index (χ3n) is 7.66. The first kappa shape index (κ1) is 23.5. The van der Waals surface area contributed by atoms with Crippen LogP contribution in [0.4, 0.5) is 0 Å². The minimum Gasteiger partial charge on any atom is -0.469 e. The second-order valence-corrected chi connectivity index (χ2v) is 9.74. The number of carbonyl (C=O) groups is 1. The van der Waals surface area contributed by atoms with Crippen molar-refractivity contribution in [3.05, 3.63) is 12.2 Å². The van der Waals surface area contributed by atoms with Gasteiger partial charge in [0.05, 0.1) is 25.4 Å². The molecule has 0 aromatic heterocycles. The van der Waals surface area contributed by atoms with Crippen LogP contribution in [0.2, 0.25) is 0 Å². The van der Waals surface area contributed by atoms with E-state index in [-0.39, 0.29) is 30.1 Å². The van der Waals surface area contributed by atoms with Crippen molar-refractivity contribution in [3.63, 3.8) is 0 Å². The Morgan fingerprint density at radius 1 is 1.27 bits per heavy atom. The fourth-order valence-corrected chi connectivity index (χ4v) is 5.87. The molecule has 0 amide bonds. The second kappa shape index (κ2) is 11.4. The number of unbranched alkanes of at least 4 members (excludes halogenated alkanes) is 1. The van der Waals surface area contributed by atoms with E-state index in [9.17, 15) is 15.0 Å². The van der Waals surface area contributed by atoms with Crippen LogP contribution < -0.4 is 0 Å². The Morgan fingerprint density at radius 2 is 2.03 bits per heavy atom. The molecule has 5 atom stereocenters. The number of aliphatic hydroxyl groups excluding tert-OH is 2. The third-order valence-corrected chi connectivity index (χ3v) is 7.66. The molecule has 2 saturated carbocycles. The van der Waals surface area contributed by atoms with Crippen LogP contribution >= 0.6 is 0 Å². The molecule has 5 nitrogen and oxygen atoms in total. The molecule has 0 saturated heterocycles. The lowest BCUT2D eigenvalue weighted by Crippen LogP contribution is -2.25. The van der Waals surface area contributed by atoms with E-state index in [1.54, 1.807) is 0 Å². The topological polar surface area (TPSA) is 79.1 Å². The highest BCUT2D eigenvalue weighted by Gasteiger charge is 2.44. The SMILES string of the molecule is CCCC1CCC([C@H](O)C=C[C@@H]2[C@H]3CC(CCCCC(=O)OC)=N[C@H]3C[C@H]2O)CC1. The van der Waals surface area contributed by atoms with Crippen LogP contribution in [-0.2, 0) is 9.53 Å². The van der Waals surface area contributed by atoms with Crippen LogP contribution in [0.15, 0.2) is 17.1 Å². The maximum atomic E-state index is 11.2. The number of fused-ring (bicyclic) bond motifs is 1. The molecule has 3 rings (SSSR count). The van der Waals surface area contributed by atoms with Gasteiger partial charge in [-0.1, -0.05) is 44.8 Å². The summed E-state index contributed by atoms with van der Waals surface area (Å²) in [5.41, 5.74) is 1.23. The molecule has 2 fully saturated rings. The number of aliphatic imine (C=N–C) groups is 1.